The van der Waals surface area contributed by atoms with Crippen molar-refractivity contribution in [1.29, 1.82) is 0 Å². The highest BCUT2D eigenvalue weighted by molar-refractivity contribution is 4.82. The minimum absolute atomic E-state index is 0.470. The van der Waals surface area contributed by atoms with Gasteiger partial charge in [-0.15, -0.1) is 0 Å². The van der Waals surface area contributed by atoms with Crippen molar-refractivity contribution in [2.24, 2.45) is 11.7 Å². The fourth-order valence-corrected chi connectivity index (χ4v) is 3.20. The molecule has 2 fully saturated rings. The fourth-order valence-electron chi connectivity index (χ4n) is 3.20. The summed E-state index contributed by atoms with van der Waals surface area (Å²) in [7, 11) is 0. The lowest BCUT2D eigenvalue weighted by Gasteiger charge is -2.34. The van der Waals surface area contributed by atoms with Crippen LogP contribution >= 0.6 is 0 Å². The molecule has 1 saturated carbocycles. The Balaban J connectivity index is 1.72. The Hall–Kier alpha value is -0.120. The van der Waals surface area contributed by atoms with E-state index in [-0.39, 0.29) is 0 Å². The van der Waals surface area contributed by atoms with Crippen molar-refractivity contribution in [2.75, 3.05) is 26.2 Å². The Morgan fingerprint density at radius 1 is 1.31 bits per heavy atom. The van der Waals surface area contributed by atoms with E-state index in [9.17, 15) is 0 Å². The molecule has 0 amide bonds. The highest BCUT2D eigenvalue weighted by Gasteiger charge is 2.26. The molecule has 1 aliphatic carbocycles. The Labute approximate surface area is 99.3 Å². The third kappa shape index (κ3) is 3.44. The molecule has 3 unspecified atom stereocenters. The van der Waals surface area contributed by atoms with Crippen LogP contribution in [-0.4, -0.2) is 43.3 Å². The predicted octanol–water partition coefficient (Wildman–Crippen LogP) is 1.61. The first-order valence-corrected chi connectivity index (χ1v) is 6.87. The largest absolute Gasteiger partial charge is 0.377 e. The van der Waals surface area contributed by atoms with Crippen molar-refractivity contribution >= 4 is 0 Å². The molecule has 0 aromatic carbocycles. The Bertz CT molecular complexity index is 208. The van der Waals surface area contributed by atoms with E-state index in [4.69, 9.17) is 10.5 Å². The number of nitrogens with zero attached hydrogens (tertiary/aromatic N) is 1. The van der Waals surface area contributed by atoms with Gasteiger partial charge in [0.1, 0.15) is 0 Å². The van der Waals surface area contributed by atoms with E-state index in [2.05, 4.69) is 11.8 Å². The Morgan fingerprint density at radius 2 is 2.19 bits per heavy atom. The van der Waals surface area contributed by atoms with Gasteiger partial charge in [-0.3, -0.25) is 0 Å². The van der Waals surface area contributed by atoms with Gasteiger partial charge in [-0.05, 0) is 51.5 Å². The molecular weight excluding hydrogens is 200 g/mol. The predicted molar refractivity (Wildman–Crippen MR) is 66.4 cm³/mol. The van der Waals surface area contributed by atoms with Gasteiger partial charge in [0.05, 0.1) is 6.10 Å². The molecule has 2 N–H and O–H groups in total. The second kappa shape index (κ2) is 5.99. The van der Waals surface area contributed by atoms with Crippen LogP contribution in [0.3, 0.4) is 0 Å². The van der Waals surface area contributed by atoms with Crippen molar-refractivity contribution in [3.63, 3.8) is 0 Å². The van der Waals surface area contributed by atoms with Crippen molar-refractivity contribution < 1.29 is 4.74 Å². The molecule has 0 bridgehead atoms. The quantitative estimate of drug-likeness (QED) is 0.791. The monoisotopic (exact) mass is 226 g/mol. The third-order valence-electron chi connectivity index (χ3n) is 3.96. The second-order valence-electron chi connectivity index (χ2n) is 5.42. The molecule has 0 aromatic rings. The van der Waals surface area contributed by atoms with E-state index in [0.717, 1.165) is 19.1 Å². The summed E-state index contributed by atoms with van der Waals surface area (Å²) in [6, 6.07) is 0.470. The molecule has 16 heavy (non-hydrogen) atoms. The maximum atomic E-state index is 5.96. The third-order valence-corrected chi connectivity index (χ3v) is 3.96. The van der Waals surface area contributed by atoms with E-state index in [1.165, 1.54) is 45.2 Å². The minimum Gasteiger partial charge on any atom is -0.377 e. The van der Waals surface area contributed by atoms with Gasteiger partial charge in [0, 0.05) is 25.7 Å². The van der Waals surface area contributed by atoms with Gasteiger partial charge in [0.25, 0.3) is 0 Å². The van der Waals surface area contributed by atoms with Crippen LogP contribution in [-0.2, 0) is 4.74 Å². The summed E-state index contributed by atoms with van der Waals surface area (Å²) in [6.07, 6.45) is 6.81. The highest BCUT2D eigenvalue weighted by Crippen LogP contribution is 2.26. The lowest BCUT2D eigenvalue weighted by Crippen LogP contribution is -2.41. The average Bonchev–Trinajstić information content (AvgIpc) is 2.65. The lowest BCUT2D eigenvalue weighted by atomic mass is 10.0. The Morgan fingerprint density at radius 3 is 2.88 bits per heavy atom. The van der Waals surface area contributed by atoms with Crippen molar-refractivity contribution in [2.45, 2.75) is 51.2 Å². The standard InChI is InChI=1S/C13H26N2O/c1-2-16-13-4-3-7-15(10-13)9-11-5-6-12(14)8-11/h11-13H,2-10,14H2,1H3. The van der Waals surface area contributed by atoms with Gasteiger partial charge in [0.15, 0.2) is 0 Å². The van der Waals surface area contributed by atoms with Gasteiger partial charge >= 0.3 is 0 Å². The van der Waals surface area contributed by atoms with Gasteiger partial charge in [0.2, 0.25) is 0 Å². The first kappa shape index (κ1) is 12.3. The molecule has 2 rings (SSSR count). The van der Waals surface area contributed by atoms with Crippen LogP contribution in [0.2, 0.25) is 0 Å². The average molecular weight is 226 g/mol. The number of hydrogen-bond acceptors (Lipinski definition) is 3. The maximum absolute atomic E-state index is 5.96. The number of piperidine rings is 1. The first-order valence-electron chi connectivity index (χ1n) is 6.87. The maximum Gasteiger partial charge on any atom is 0.0702 e. The molecule has 1 saturated heterocycles. The van der Waals surface area contributed by atoms with E-state index in [0.29, 0.717) is 12.1 Å². The first-order chi connectivity index (χ1) is 7.78. The topological polar surface area (TPSA) is 38.5 Å². The number of nitrogens with two attached hydrogens (primary N) is 1. The summed E-state index contributed by atoms with van der Waals surface area (Å²) >= 11 is 0. The lowest BCUT2D eigenvalue weighted by molar-refractivity contribution is 0.00203. The van der Waals surface area contributed by atoms with Crippen LogP contribution in [0.4, 0.5) is 0 Å². The second-order valence-corrected chi connectivity index (χ2v) is 5.42. The van der Waals surface area contributed by atoms with Gasteiger partial charge in [-0.2, -0.15) is 0 Å². The fraction of sp³-hybridized carbons (Fsp3) is 1.00. The zero-order chi connectivity index (χ0) is 11.4. The van der Waals surface area contributed by atoms with Crippen LogP contribution in [0.25, 0.3) is 0 Å². The molecule has 0 radical (unpaired) electrons. The molecule has 0 spiro atoms. The summed E-state index contributed by atoms with van der Waals surface area (Å²) in [5, 5.41) is 0. The van der Waals surface area contributed by atoms with Crippen LogP contribution in [0.5, 0.6) is 0 Å². The molecule has 1 heterocycles. The molecule has 0 aromatic heterocycles. The highest BCUT2D eigenvalue weighted by atomic mass is 16.5. The number of hydrogen-bond donors (Lipinski definition) is 1. The molecule has 3 heteroatoms. The zero-order valence-corrected chi connectivity index (χ0v) is 10.5. The van der Waals surface area contributed by atoms with Crippen molar-refractivity contribution in [1.82, 2.24) is 4.90 Å². The summed E-state index contributed by atoms with van der Waals surface area (Å²) in [5.41, 5.74) is 5.96. The van der Waals surface area contributed by atoms with Crippen LogP contribution < -0.4 is 5.73 Å². The molecule has 3 nitrogen and oxygen atoms in total. The van der Waals surface area contributed by atoms with Crippen molar-refractivity contribution in [3.05, 3.63) is 0 Å². The van der Waals surface area contributed by atoms with E-state index in [1.54, 1.807) is 0 Å². The Kier molecular flexibility index (Phi) is 4.62. The van der Waals surface area contributed by atoms with Gasteiger partial charge in [-0.1, -0.05) is 0 Å². The molecular formula is C13H26N2O. The zero-order valence-electron chi connectivity index (χ0n) is 10.5. The molecule has 3 atom stereocenters. The van der Waals surface area contributed by atoms with Gasteiger partial charge in [-0.25, -0.2) is 0 Å². The molecule has 2 aliphatic rings. The number of rotatable bonds is 4. The van der Waals surface area contributed by atoms with Gasteiger partial charge < -0.3 is 15.4 Å². The van der Waals surface area contributed by atoms with Crippen LogP contribution in [0.15, 0.2) is 0 Å². The summed E-state index contributed by atoms with van der Waals surface area (Å²) in [5.74, 6) is 0.843. The van der Waals surface area contributed by atoms with E-state index >= 15 is 0 Å². The minimum atomic E-state index is 0.470. The normalized spacial score (nSPS) is 36.8. The smallest absolute Gasteiger partial charge is 0.0702 e. The van der Waals surface area contributed by atoms with Crippen molar-refractivity contribution in [3.8, 4) is 0 Å². The summed E-state index contributed by atoms with van der Waals surface area (Å²) in [6.45, 7) is 6.59. The SMILES string of the molecule is CCOC1CCCN(CC2CCC(N)C2)C1. The number of likely N-dealkylation sites (tertiary alicyclic amines) is 1. The summed E-state index contributed by atoms with van der Waals surface area (Å²) < 4.78 is 5.73. The van der Waals surface area contributed by atoms with Crippen LogP contribution in [0, 0.1) is 5.92 Å². The molecule has 94 valence electrons. The van der Waals surface area contributed by atoms with Crippen LogP contribution in [0.1, 0.15) is 39.0 Å². The summed E-state index contributed by atoms with van der Waals surface area (Å²) in [4.78, 5) is 2.59. The number of ether oxygens (including phenoxy) is 1. The van der Waals surface area contributed by atoms with E-state index in [1.807, 2.05) is 0 Å². The van der Waals surface area contributed by atoms with E-state index < -0.39 is 0 Å². The molecule has 1 aliphatic heterocycles.